The van der Waals surface area contributed by atoms with Gasteiger partial charge in [0, 0.05) is 60.0 Å². The van der Waals surface area contributed by atoms with E-state index in [2.05, 4.69) is 50.4 Å². The number of ether oxygens (including phenoxy) is 2. The van der Waals surface area contributed by atoms with Crippen LogP contribution >= 0.6 is 24.0 Å². The minimum atomic E-state index is 0. The molecule has 0 saturated carbocycles. The number of aliphatic imine (C=N–C) groups is 1. The first kappa shape index (κ1) is 24.1. The van der Waals surface area contributed by atoms with E-state index in [1.54, 1.807) is 7.11 Å². The number of methoxy groups -OCH3 is 1. The Bertz CT molecular complexity index is 508. The van der Waals surface area contributed by atoms with Crippen LogP contribution in [-0.2, 0) is 16.0 Å². The zero-order valence-electron chi connectivity index (χ0n) is 16.7. The summed E-state index contributed by atoms with van der Waals surface area (Å²) in [6.45, 7) is 8.29. The Morgan fingerprint density at radius 3 is 2.44 bits per heavy atom. The summed E-state index contributed by atoms with van der Waals surface area (Å²) in [7, 11) is 3.56. The molecular weight excluding hydrogens is 455 g/mol. The quantitative estimate of drug-likeness (QED) is 0.236. The van der Waals surface area contributed by atoms with Crippen molar-refractivity contribution in [2.75, 3.05) is 66.7 Å². The van der Waals surface area contributed by atoms with Crippen molar-refractivity contribution in [1.29, 1.82) is 0 Å². The molecule has 0 unspecified atom stereocenters. The zero-order valence-corrected chi connectivity index (χ0v) is 19.1. The van der Waals surface area contributed by atoms with Gasteiger partial charge in [-0.3, -0.25) is 9.89 Å². The molecule has 0 radical (unpaired) electrons. The van der Waals surface area contributed by atoms with Gasteiger partial charge < -0.3 is 19.7 Å². The molecule has 0 aromatic heterocycles. The first-order valence-corrected chi connectivity index (χ1v) is 9.62. The minimum Gasteiger partial charge on any atom is -0.382 e. The number of piperazine rings is 1. The maximum Gasteiger partial charge on any atom is 0.193 e. The first-order chi connectivity index (χ1) is 12.8. The van der Waals surface area contributed by atoms with Crippen molar-refractivity contribution in [3.8, 4) is 0 Å². The Balaban J connectivity index is 0.00000364. The Kier molecular flexibility index (Phi) is 13.5. The van der Waals surface area contributed by atoms with Gasteiger partial charge >= 0.3 is 0 Å². The van der Waals surface area contributed by atoms with Crippen molar-refractivity contribution in [2.45, 2.75) is 19.4 Å². The fourth-order valence-corrected chi connectivity index (χ4v) is 3.07. The summed E-state index contributed by atoms with van der Waals surface area (Å²) in [4.78, 5) is 9.31. The molecule has 27 heavy (non-hydrogen) atoms. The van der Waals surface area contributed by atoms with Crippen LogP contribution in [0.1, 0.15) is 18.4 Å². The van der Waals surface area contributed by atoms with Gasteiger partial charge in [-0.05, 0) is 18.4 Å². The molecule has 1 N–H and O–H groups in total. The van der Waals surface area contributed by atoms with Crippen molar-refractivity contribution in [2.24, 2.45) is 4.99 Å². The lowest BCUT2D eigenvalue weighted by Crippen LogP contribution is -2.52. The molecule has 1 aliphatic rings. The number of guanidine groups is 1. The van der Waals surface area contributed by atoms with Crippen LogP contribution in [0.5, 0.6) is 0 Å². The average Bonchev–Trinajstić information content (AvgIpc) is 2.69. The summed E-state index contributed by atoms with van der Waals surface area (Å²) in [6.07, 6.45) is 2.14. The first-order valence-electron chi connectivity index (χ1n) is 9.62. The van der Waals surface area contributed by atoms with Gasteiger partial charge in [0.15, 0.2) is 5.96 Å². The number of halogens is 1. The molecule has 1 aromatic rings. The number of nitrogens with one attached hydrogen (secondary N) is 1. The van der Waals surface area contributed by atoms with Crippen LogP contribution in [0.4, 0.5) is 0 Å². The third-order valence-corrected chi connectivity index (χ3v) is 4.56. The summed E-state index contributed by atoms with van der Waals surface area (Å²) >= 11 is 0. The van der Waals surface area contributed by atoms with Crippen molar-refractivity contribution < 1.29 is 9.47 Å². The Morgan fingerprint density at radius 1 is 1.04 bits per heavy atom. The van der Waals surface area contributed by atoms with Crippen LogP contribution in [0.2, 0.25) is 0 Å². The maximum atomic E-state index is 5.49. The van der Waals surface area contributed by atoms with Crippen LogP contribution in [-0.4, -0.2) is 82.5 Å². The highest BCUT2D eigenvalue weighted by molar-refractivity contribution is 14.0. The smallest absolute Gasteiger partial charge is 0.193 e. The molecule has 154 valence electrons. The Hall–Kier alpha value is -0.900. The lowest BCUT2D eigenvalue weighted by molar-refractivity contribution is 0.0689. The molecule has 7 heteroatoms. The van der Waals surface area contributed by atoms with Gasteiger partial charge in [0.1, 0.15) is 0 Å². The van der Waals surface area contributed by atoms with Crippen molar-refractivity contribution in [1.82, 2.24) is 15.1 Å². The predicted octanol–water partition coefficient (Wildman–Crippen LogP) is 2.44. The monoisotopic (exact) mass is 490 g/mol. The molecule has 1 fully saturated rings. The molecule has 0 amide bonds. The maximum absolute atomic E-state index is 5.49. The van der Waals surface area contributed by atoms with Gasteiger partial charge in [-0.2, -0.15) is 0 Å². The Morgan fingerprint density at radius 2 is 1.78 bits per heavy atom. The number of unbranched alkanes of at least 4 members (excludes halogenated alkanes) is 1. The van der Waals surface area contributed by atoms with Crippen LogP contribution in [0, 0.1) is 0 Å². The third kappa shape index (κ3) is 9.73. The molecule has 0 spiro atoms. The Labute approximate surface area is 181 Å². The molecular formula is C20H35IN4O2. The van der Waals surface area contributed by atoms with Crippen LogP contribution < -0.4 is 5.32 Å². The summed E-state index contributed by atoms with van der Waals surface area (Å²) < 4.78 is 10.4. The third-order valence-electron chi connectivity index (χ3n) is 4.56. The summed E-state index contributed by atoms with van der Waals surface area (Å²) in [6, 6.07) is 10.7. The minimum absolute atomic E-state index is 0. The summed E-state index contributed by atoms with van der Waals surface area (Å²) in [5, 5.41) is 3.48. The number of nitrogens with zero attached hydrogens (tertiary/aromatic N) is 3. The molecule has 1 heterocycles. The molecule has 1 aromatic carbocycles. The highest BCUT2D eigenvalue weighted by atomic mass is 127. The van der Waals surface area contributed by atoms with E-state index < -0.39 is 0 Å². The second kappa shape index (κ2) is 15.1. The van der Waals surface area contributed by atoms with Crippen molar-refractivity contribution in [3.05, 3.63) is 35.9 Å². The van der Waals surface area contributed by atoms with E-state index in [9.17, 15) is 0 Å². The van der Waals surface area contributed by atoms with Gasteiger partial charge in [-0.25, -0.2) is 0 Å². The number of hydrogen-bond acceptors (Lipinski definition) is 4. The van der Waals surface area contributed by atoms with E-state index >= 15 is 0 Å². The zero-order chi connectivity index (χ0) is 18.5. The second-order valence-electron chi connectivity index (χ2n) is 6.54. The fraction of sp³-hybridized carbons (Fsp3) is 0.650. The topological polar surface area (TPSA) is 49.3 Å². The molecule has 0 aliphatic carbocycles. The van der Waals surface area contributed by atoms with Gasteiger partial charge in [-0.15, -0.1) is 24.0 Å². The molecule has 0 atom stereocenters. The van der Waals surface area contributed by atoms with E-state index in [4.69, 9.17) is 9.47 Å². The van der Waals surface area contributed by atoms with E-state index in [1.807, 2.05) is 7.05 Å². The van der Waals surface area contributed by atoms with Crippen LogP contribution in [0.25, 0.3) is 0 Å². The van der Waals surface area contributed by atoms with Gasteiger partial charge in [0.2, 0.25) is 0 Å². The van der Waals surface area contributed by atoms with E-state index in [-0.39, 0.29) is 24.0 Å². The molecule has 0 bridgehead atoms. The lowest BCUT2D eigenvalue weighted by atomic mass is 10.2. The summed E-state index contributed by atoms with van der Waals surface area (Å²) in [5.74, 6) is 1.02. The highest BCUT2D eigenvalue weighted by Gasteiger charge is 2.19. The van der Waals surface area contributed by atoms with Crippen LogP contribution in [0.3, 0.4) is 0 Å². The predicted molar refractivity (Wildman–Crippen MR) is 122 cm³/mol. The van der Waals surface area contributed by atoms with E-state index in [0.717, 1.165) is 64.7 Å². The molecule has 1 saturated heterocycles. The molecule has 1 aliphatic heterocycles. The SMILES string of the molecule is CN=C(NCCCCOCCOC)N1CCN(Cc2ccccc2)CC1.I. The van der Waals surface area contributed by atoms with Crippen molar-refractivity contribution >= 4 is 29.9 Å². The number of benzene rings is 1. The molecule has 6 nitrogen and oxygen atoms in total. The van der Waals surface area contributed by atoms with Gasteiger partial charge in [0.25, 0.3) is 0 Å². The summed E-state index contributed by atoms with van der Waals surface area (Å²) in [5.41, 5.74) is 1.39. The van der Waals surface area contributed by atoms with E-state index in [0.29, 0.717) is 13.2 Å². The number of rotatable bonds is 10. The highest BCUT2D eigenvalue weighted by Crippen LogP contribution is 2.08. The van der Waals surface area contributed by atoms with Gasteiger partial charge in [0.05, 0.1) is 13.2 Å². The number of hydrogen-bond donors (Lipinski definition) is 1. The largest absolute Gasteiger partial charge is 0.382 e. The van der Waals surface area contributed by atoms with Gasteiger partial charge in [-0.1, -0.05) is 30.3 Å². The lowest BCUT2D eigenvalue weighted by Gasteiger charge is -2.36. The van der Waals surface area contributed by atoms with E-state index in [1.165, 1.54) is 5.56 Å². The van der Waals surface area contributed by atoms with Crippen molar-refractivity contribution in [3.63, 3.8) is 0 Å². The average molecular weight is 490 g/mol. The standard InChI is InChI=1S/C20H34N4O2.HI/c1-21-20(22-10-6-7-15-26-17-16-25-2)24-13-11-23(12-14-24)18-19-8-4-3-5-9-19;/h3-5,8-9H,6-7,10-18H2,1-2H3,(H,21,22);1H. The fourth-order valence-electron chi connectivity index (χ4n) is 3.07. The van der Waals surface area contributed by atoms with Crippen LogP contribution in [0.15, 0.2) is 35.3 Å². The second-order valence-corrected chi connectivity index (χ2v) is 6.54. The molecule has 2 rings (SSSR count). The normalized spacial score (nSPS) is 15.5.